The molecule has 0 aromatic heterocycles. The maximum absolute atomic E-state index is 12.8. The number of hydrazone groups is 1. The first-order valence-electron chi connectivity index (χ1n) is 9.20. The van der Waals surface area contributed by atoms with E-state index in [1.807, 2.05) is 44.2 Å². The van der Waals surface area contributed by atoms with Gasteiger partial charge in [-0.05, 0) is 43.7 Å². The van der Waals surface area contributed by atoms with Gasteiger partial charge >= 0.3 is 6.18 Å². The number of hydrogen-bond acceptors (Lipinski definition) is 5. The van der Waals surface area contributed by atoms with Gasteiger partial charge in [-0.2, -0.15) is 18.3 Å². The zero-order valence-electron chi connectivity index (χ0n) is 16.1. The van der Waals surface area contributed by atoms with Crippen LogP contribution in [0.25, 0.3) is 0 Å². The first-order chi connectivity index (χ1) is 13.8. The summed E-state index contributed by atoms with van der Waals surface area (Å²) in [6, 6.07) is 14.2. The lowest BCUT2D eigenvalue weighted by atomic mass is 10.2. The maximum atomic E-state index is 12.8. The van der Waals surface area contributed by atoms with E-state index in [1.165, 1.54) is 17.1 Å². The number of halogens is 3. The van der Waals surface area contributed by atoms with Crippen LogP contribution in [0.2, 0.25) is 0 Å². The Labute approximate surface area is 167 Å². The van der Waals surface area contributed by atoms with E-state index < -0.39 is 17.9 Å². The SMILES string of the molecule is CC(C)N1C(COCc2ccccc2)=NN(c2ccc(C(F)(F)F)cc2)C1C=O. The van der Waals surface area contributed by atoms with Gasteiger partial charge in [-0.1, -0.05) is 30.3 Å². The fourth-order valence-electron chi connectivity index (χ4n) is 3.18. The van der Waals surface area contributed by atoms with Crippen molar-refractivity contribution >= 4 is 17.8 Å². The van der Waals surface area contributed by atoms with Gasteiger partial charge in [0.15, 0.2) is 18.3 Å². The quantitative estimate of drug-likeness (QED) is 0.645. The highest BCUT2D eigenvalue weighted by Crippen LogP contribution is 2.32. The molecule has 0 bridgehead atoms. The number of carbonyl (C=O) groups excluding carboxylic acids is 1. The number of hydrogen-bond donors (Lipinski definition) is 0. The van der Waals surface area contributed by atoms with Crippen molar-refractivity contribution < 1.29 is 22.7 Å². The largest absolute Gasteiger partial charge is 0.416 e. The van der Waals surface area contributed by atoms with Gasteiger partial charge in [-0.15, -0.1) is 0 Å². The molecule has 1 unspecified atom stereocenters. The van der Waals surface area contributed by atoms with Gasteiger partial charge < -0.3 is 9.64 Å². The molecule has 2 aromatic carbocycles. The second-order valence-electron chi connectivity index (χ2n) is 6.93. The molecule has 3 rings (SSSR count). The Morgan fingerprint density at radius 3 is 2.28 bits per heavy atom. The van der Waals surface area contributed by atoms with Gasteiger partial charge in [0.05, 0.1) is 17.9 Å². The molecule has 8 heteroatoms. The molecule has 1 aliphatic heterocycles. The molecule has 5 nitrogen and oxygen atoms in total. The molecular weight excluding hydrogens is 383 g/mol. The van der Waals surface area contributed by atoms with E-state index in [0.29, 0.717) is 18.1 Å². The van der Waals surface area contributed by atoms with Crippen LogP contribution in [0.3, 0.4) is 0 Å². The average molecular weight is 405 g/mol. The van der Waals surface area contributed by atoms with Gasteiger partial charge in [0.1, 0.15) is 6.61 Å². The molecule has 0 fully saturated rings. The Hall–Kier alpha value is -2.87. The molecule has 0 amide bonds. The van der Waals surface area contributed by atoms with E-state index in [4.69, 9.17) is 4.74 Å². The van der Waals surface area contributed by atoms with Crippen molar-refractivity contribution in [3.63, 3.8) is 0 Å². The van der Waals surface area contributed by atoms with Crippen LogP contribution in [0, 0.1) is 0 Å². The Morgan fingerprint density at radius 1 is 1.07 bits per heavy atom. The molecule has 0 spiro atoms. The van der Waals surface area contributed by atoms with E-state index in [2.05, 4.69) is 5.10 Å². The van der Waals surface area contributed by atoms with Crippen molar-refractivity contribution in [1.29, 1.82) is 0 Å². The third-order valence-electron chi connectivity index (χ3n) is 4.54. The molecule has 0 N–H and O–H groups in total. The lowest BCUT2D eigenvalue weighted by Crippen LogP contribution is -2.48. The minimum absolute atomic E-state index is 0.0521. The molecule has 1 aliphatic rings. The van der Waals surface area contributed by atoms with Gasteiger partial charge in [0.25, 0.3) is 0 Å². The number of rotatable bonds is 7. The maximum Gasteiger partial charge on any atom is 0.416 e. The van der Waals surface area contributed by atoms with E-state index in [9.17, 15) is 18.0 Å². The molecule has 0 radical (unpaired) electrons. The molecule has 0 aliphatic carbocycles. The van der Waals surface area contributed by atoms with Gasteiger partial charge in [-0.3, -0.25) is 4.79 Å². The van der Waals surface area contributed by atoms with E-state index in [1.54, 1.807) is 4.90 Å². The summed E-state index contributed by atoms with van der Waals surface area (Å²) >= 11 is 0. The monoisotopic (exact) mass is 405 g/mol. The van der Waals surface area contributed by atoms with Crippen LogP contribution < -0.4 is 5.01 Å². The fraction of sp³-hybridized carbons (Fsp3) is 0.333. The van der Waals surface area contributed by atoms with Gasteiger partial charge in [0, 0.05) is 6.04 Å². The van der Waals surface area contributed by atoms with Crippen LogP contribution in [-0.2, 0) is 22.3 Å². The zero-order chi connectivity index (χ0) is 21.0. The third kappa shape index (κ3) is 4.76. The van der Waals surface area contributed by atoms with Gasteiger partial charge in [-0.25, -0.2) is 5.01 Å². The van der Waals surface area contributed by atoms with Crippen molar-refractivity contribution in [1.82, 2.24) is 4.90 Å². The Bertz CT molecular complexity index is 852. The van der Waals surface area contributed by atoms with Crippen LogP contribution in [0.15, 0.2) is 59.7 Å². The Balaban J connectivity index is 1.79. The summed E-state index contributed by atoms with van der Waals surface area (Å²) in [4.78, 5) is 13.6. The highest BCUT2D eigenvalue weighted by atomic mass is 19.4. The number of amidine groups is 1. The van der Waals surface area contributed by atoms with E-state index in [-0.39, 0.29) is 12.6 Å². The second-order valence-corrected chi connectivity index (χ2v) is 6.93. The summed E-state index contributed by atoms with van der Waals surface area (Å²) in [7, 11) is 0. The lowest BCUT2D eigenvalue weighted by molar-refractivity contribution is -0.137. The van der Waals surface area contributed by atoms with Crippen LogP contribution in [0.4, 0.5) is 18.9 Å². The number of alkyl halides is 3. The minimum Gasteiger partial charge on any atom is -0.369 e. The summed E-state index contributed by atoms with van der Waals surface area (Å²) in [6.45, 7) is 4.39. The standard InChI is InChI=1S/C21H22F3N3O2/c1-15(2)26-19(14-29-13-16-6-4-3-5-7-16)25-27(20(26)12-28)18-10-8-17(9-11-18)21(22,23)24/h3-12,15,20H,13-14H2,1-2H3. The van der Waals surface area contributed by atoms with E-state index in [0.717, 1.165) is 24.0 Å². The molecule has 0 saturated carbocycles. The first-order valence-corrected chi connectivity index (χ1v) is 9.20. The molecule has 1 atom stereocenters. The van der Waals surface area contributed by atoms with Crippen molar-refractivity contribution in [2.45, 2.75) is 38.8 Å². The van der Waals surface area contributed by atoms with Crippen molar-refractivity contribution in [3.05, 3.63) is 65.7 Å². The summed E-state index contributed by atoms with van der Waals surface area (Å²) in [6.07, 6.45) is -4.44. The number of carbonyl (C=O) groups is 1. The van der Waals surface area contributed by atoms with Crippen molar-refractivity contribution in [2.24, 2.45) is 5.10 Å². The summed E-state index contributed by atoms with van der Waals surface area (Å²) in [5.74, 6) is 0.549. The number of anilines is 1. The normalized spacial score (nSPS) is 17.0. The first kappa shape index (κ1) is 20.9. The van der Waals surface area contributed by atoms with Crippen LogP contribution >= 0.6 is 0 Å². The lowest BCUT2D eigenvalue weighted by Gasteiger charge is -2.31. The number of ether oxygens (including phenoxy) is 1. The summed E-state index contributed by atoms with van der Waals surface area (Å²) < 4.78 is 44.2. The van der Waals surface area contributed by atoms with Crippen LogP contribution in [0.5, 0.6) is 0 Å². The molecule has 154 valence electrons. The topological polar surface area (TPSA) is 45.1 Å². The third-order valence-corrected chi connectivity index (χ3v) is 4.54. The van der Waals surface area contributed by atoms with Crippen LogP contribution in [0.1, 0.15) is 25.0 Å². The summed E-state index contributed by atoms with van der Waals surface area (Å²) in [5.41, 5.74) is 0.659. The Morgan fingerprint density at radius 2 is 1.72 bits per heavy atom. The second kappa shape index (κ2) is 8.65. The Kier molecular flexibility index (Phi) is 6.22. The number of aldehydes is 1. The molecule has 0 saturated heterocycles. The molecule has 29 heavy (non-hydrogen) atoms. The van der Waals surface area contributed by atoms with Crippen molar-refractivity contribution in [2.75, 3.05) is 11.6 Å². The fourth-order valence-corrected chi connectivity index (χ4v) is 3.18. The zero-order valence-corrected chi connectivity index (χ0v) is 16.1. The minimum atomic E-state index is -4.42. The van der Waals surface area contributed by atoms with Crippen molar-refractivity contribution in [3.8, 4) is 0 Å². The van der Waals surface area contributed by atoms with Gasteiger partial charge in [0.2, 0.25) is 0 Å². The molecular formula is C21H22F3N3O2. The predicted octanol–water partition coefficient (Wildman–Crippen LogP) is 4.29. The highest BCUT2D eigenvalue weighted by molar-refractivity contribution is 5.91. The molecule has 1 heterocycles. The predicted molar refractivity (Wildman–Crippen MR) is 104 cm³/mol. The van der Waals surface area contributed by atoms with Crippen LogP contribution in [-0.4, -0.2) is 35.8 Å². The molecule has 2 aromatic rings. The van der Waals surface area contributed by atoms with E-state index >= 15 is 0 Å². The number of benzene rings is 2. The summed E-state index contributed by atoms with van der Waals surface area (Å²) in [5, 5.41) is 5.90. The number of nitrogens with zero attached hydrogens (tertiary/aromatic N) is 3. The smallest absolute Gasteiger partial charge is 0.369 e. The average Bonchev–Trinajstić information content (AvgIpc) is 3.07. The highest BCUT2D eigenvalue weighted by Gasteiger charge is 2.37.